The molecule has 0 aromatic heterocycles. The monoisotopic (exact) mass is 210 g/mol. The highest BCUT2D eigenvalue weighted by molar-refractivity contribution is 7.80. The van der Waals surface area contributed by atoms with E-state index in [9.17, 15) is 0 Å². The van der Waals surface area contributed by atoms with Crippen LogP contribution in [0.4, 0.5) is 5.69 Å². The fourth-order valence-corrected chi connectivity index (χ4v) is 1.14. The molecule has 0 saturated heterocycles. The number of aliphatic hydroxyl groups is 1. The van der Waals surface area contributed by atoms with Gasteiger partial charge in [-0.05, 0) is 31.3 Å². The van der Waals surface area contributed by atoms with E-state index in [2.05, 4.69) is 10.6 Å². The van der Waals surface area contributed by atoms with Gasteiger partial charge in [-0.2, -0.15) is 0 Å². The van der Waals surface area contributed by atoms with Crippen molar-refractivity contribution in [2.24, 2.45) is 0 Å². The first-order valence-electron chi connectivity index (χ1n) is 4.46. The normalized spacial score (nSPS) is 11.9. The lowest BCUT2D eigenvalue weighted by Crippen LogP contribution is -2.33. The molecule has 0 unspecified atom stereocenters. The lowest BCUT2D eigenvalue weighted by molar-refractivity contribution is 0.198. The summed E-state index contributed by atoms with van der Waals surface area (Å²) in [6.45, 7) is 2.16. The van der Waals surface area contributed by atoms with Crippen molar-refractivity contribution in [3.05, 3.63) is 30.3 Å². The van der Waals surface area contributed by atoms with Crippen LogP contribution in [0.25, 0.3) is 0 Å². The highest BCUT2D eigenvalue weighted by atomic mass is 32.1. The molecule has 0 heterocycles. The molecule has 0 aliphatic rings. The molecule has 1 aromatic carbocycles. The van der Waals surface area contributed by atoms with Crippen molar-refractivity contribution >= 4 is 23.0 Å². The largest absolute Gasteiger partial charge is 0.392 e. The summed E-state index contributed by atoms with van der Waals surface area (Å²) in [4.78, 5) is 0. The quantitative estimate of drug-likeness (QED) is 0.659. The van der Waals surface area contributed by atoms with E-state index in [0.717, 1.165) is 5.69 Å². The van der Waals surface area contributed by atoms with Crippen molar-refractivity contribution in [3.63, 3.8) is 0 Å². The Hall–Kier alpha value is -1.13. The Labute approximate surface area is 89.1 Å². The summed E-state index contributed by atoms with van der Waals surface area (Å²) in [6, 6.07) is 9.66. The lowest BCUT2D eigenvalue weighted by atomic mass is 10.3. The molecule has 76 valence electrons. The van der Waals surface area contributed by atoms with Crippen LogP contribution in [0.5, 0.6) is 0 Å². The topological polar surface area (TPSA) is 44.3 Å². The Morgan fingerprint density at radius 2 is 2.07 bits per heavy atom. The van der Waals surface area contributed by atoms with Gasteiger partial charge in [-0.15, -0.1) is 0 Å². The third kappa shape index (κ3) is 4.20. The van der Waals surface area contributed by atoms with E-state index < -0.39 is 6.10 Å². The van der Waals surface area contributed by atoms with Crippen LogP contribution in [-0.4, -0.2) is 22.9 Å². The second kappa shape index (κ2) is 5.57. The minimum absolute atomic E-state index is 0.398. The van der Waals surface area contributed by atoms with Gasteiger partial charge in [0.25, 0.3) is 0 Å². The summed E-state index contributed by atoms with van der Waals surface area (Å²) < 4.78 is 0. The molecule has 1 rings (SSSR count). The molecule has 1 aromatic rings. The van der Waals surface area contributed by atoms with Gasteiger partial charge >= 0.3 is 0 Å². The lowest BCUT2D eigenvalue weighted by Gasteiger charge is -2.11. The maximum atomic E-state index is 9.02. The first-order chi connectivity index (χ1) is 6.68. The van der Waals surface area contributed by atoms with Gasteiger partial charge in [0, 0.05) is 12.2 Å². The smallest absolute Gasteiger partial charge is 0.170 e. The summed E-state index contributed by atoms with van der Waals surface area (Å²) in [5, 5.41) is 15.4. The number of anilines is 1. The summed E-state index contributed by atoms with van der Waals surface area (Å²) in [7, 11) is 0. The molecule has 4 heteroatoms. The molecule has 3 N–H and O–H groups in total. The number of para-hydroxylation sites is 1. The zero-order chi connectivity index (χ0) is 10.4. The Bertz CT molecular complexity index is 287. The Balaban J connectivity index is 2.35. The molecule has 3 nitrogen and oxygen atoms in total. The molecular formula is C10H14N2OS. The molecule has 0 radical (unpaired) electrons. The van der Waals surface area contributed by atoms with Crippen molar-refractivity contribution in [3.8, 4) is 0 Å². The molecule has 0 bridgehead atoms. The number of aliphatic hydroxyl groups excluding tert-OH is 1. The van der Waals surface area contributed by atoms with Crippen LogP contribution in [0.3, 0.4) is 0 Å². The predicted molar refractivity (Wildman–Crippen MR) is 62.3 cm³/mol. The second-order valence-corrected chi connectivity index (χ2v) is 3.46. The van der Waals surface area contributed by atoms with Crippen LogP contribution >= 0.6 is 12.2 Å². The second-order valence-electron chi connectivity index (χ2n) is 3.05. The highest BCUT2D eigenvalue weighted by Gasteiger charge is 1.98. The number of nitrogens with one attached hydrogen (secondary N) is 2. The van der Waals surface area contributed by atoms with E-state index in [1.165, 1.54) is 0 Å². The van der Waals surface area contributed by atoms with Crippen LogP contribution in [0.15, 0.2) is 30.3 Å². The number of rotatable bonds is 3. The molecule has 0 amide bonds. The first kappa shape index (κ1) is 10.9. The molecule has 0 fully saturated rings. The van der Waals surface area contributed by atoms with Gasteiger partial charge < -0.3 is 15.7 Å². The van der Waals surface area contributed by atoms with Gasteiger partial charge in [-0.1, -0.05) is 18.2 Å². The Morgan fingerprint density at radius 1 is 1.43 bits per heavy atom. The van der Waals surface area contributed by atoms with Gasteiger partial charge in [0.2, 0.25) is 0 Å². The summed E-state index contributed by atoms with van der Waals surface area (Å²) >= 11 is 5.02. The molecule has 0 spiro atoms. The third-order valence-electron chi connectivity index (χ3n) is 1.59. The van der Waals surface area contributed by atoms with E-state index in [1.807, 2.05) is 30.3 Å². The van der Waals surface area contributed by atoms with Crippen molar-refractivity contribution in [2.45, 2.75) is 13.0 Å². The molecule has 14 heavy (non-hydrogen) atoms. The predicted octanol–water partition coefficient (Wildman–Crippen LogP) is 1.35. The van der Waals surface area contributed by atoms with E-state index in [1.54, 1.807) is 6.92 Å². The van der Waals surface area contributed by atoms with E-state index >= 15 is 0 Å². The number of hydrogen-bond donors (Lipinski definition) is 3. The van der Waals surface area contributed by atoms with Crippen LogP contribution in [-0.2, 0) is 0 Å². The Kier molecular flexibility index (Phi) is 4.35. The van der Waals surface area contributed by atoms with E-state index in [4.69, 9.17) is 17.3 Å². The van der Waals surface area contributed by atoms with Crippen LogP contribution in [0, 0.1) is 0 Å². The van der Waals surface area contributed by atoms with Gasteiger partial charge in [0.15, 0.2) is 5.11 Å². The van der Waals surface area contributed by atoms with Crippen molar-refractivity contribution in [1.82, 2.24) is 5.32 Å². The zero-order valence-corrected chi connectivity index (χ0v) is 8.84. The van der Waals surface area contributed by atoms with Gasteiger partial charge in [-0.3, -0.25) is 0 Å². The minimum Gasteiger partial charge on any atom is -0.392 e. The molecule has 1 atom stereocenters. The van der Waals surface area contributed by atoms with Gasteiger partial charge in [0.05, 0.1) is 6.10 Å². The minimum atomic E-state index is -0.398. The SMILES string of the molecule is C[C@@H](O)CNC(=S)Nc1ccccc1. The van der Waals surface area contributed by atoms with Crippen LogP contribution in [0.1, 0.15) is 6.92 Å². The van der Waals surface area contributed by atoms with Crippen molar-refractivity contribution in [1.29, 1.82) is 0 Å². The molecule has 0 saturated carbocycles. The summed E-state index contributed by atoms with van der Waals surface area (Å²) in [6.07, 6.45) is -0.398. The van der Waals surface area contributed by atoms with Gasteiger partial charge in [0.1, 0.15) is 0 Å². The van der Waals surface area contributed by atoms with Crippen molar-refractivity contribution in [2.75, 3.05) is 11.9 Å². The average Bonchev–Trinajstić information content (AvgIpc) is 2.16. The third-order valence-corrected chi connectivity index (χ3v) is 1.84. The number of benzene rings is 1. The standard InChI is InChI=1S/C10H14N2OS/c1-8(13)7-11-10(14)12-9-5-3-2-4-6-9/h2-6,8,13H,7H2,1H3,(H2,11,12,14)/t8-/m1/s1. The molecular weight excluding hydrogens is 196 g/mol. The molecule has 0 aliphatic heterocycles. The summed E-state index contributed by atoms with van der Waals surface area (Å²) in [5.74, 6) is 0. The highest BCUT2D eigenvalue weighted by Crippen LogP contribution is 2.03. The number of hydrogen-bond acceptors (Lipinski definition) is 2. The van der Waals surface area contributed by atoms with E-state index in [-0.39, 0.29) is 0 Å². The molecule has 0 aliphatic carbocycles. The number of thiocarbonyl (C=S) groups is 1. The fourth-order valence-electron chi connectivity index (χ4n) is 0.937. The fraction of sp³-hybridized carbons (Fsp3) is 0.300. The van der Waals surface area contributed by atoms with Gasteiger partial charge in [-0.25, -0.2) is 0 Å². The van der Waals surface area contributed by atoms with Crippen molar-refractivity contribution < 1.29 is 5.11 Å². The first-order valence-corrected chi connectivity index (χ1v) is 4.87. The van der Waals surface area contributed by atoms with E-state index in [0.29, 0.717) is 11.7 Å². The zero-order valence-electron chi connectivity index (χ0n) is 8.03. The van der Waals surface area contributed by atoms with Crippen LogP contribution in [0.2, 0.25) is 0 Å². The maximum Gasteiger partial charge on any atom is 0.170 e. The summed E-state index contributed by atoms with van der Waals surface area (Å²) in [5.41, 5.74) is 0.940. The maximum absolute atomic E-state index is 9.02. The Morgan fingerprint density at radius 3 is 2.64 bits per heavy atom. The average molecular weight is 210 g/mol. The van der Waals surface area contributed by atoms with Crippen LogP contribution < -0.4 is 10.6 Å².